The predicted molar refractivity (Wildman–Crippen MR) is 62.3 cm³/mol. The van der Waals surface area contributed by atoms with Gasteiger partial charge in [0.15, 0.2) is 0 Å². The number of halogens is 1. The lowest BCUT2D eigenvalue weighted by molar-refractivity contribution is -0.0395. The molecule has 2 aliphatic rings. The molecule has 2 rings (SSSR count). The molecule has 1 saturated carbocycles. The summed E-state index contributed by atoms with van der Waals surface area (Å²) in [6.45, 7) is 2.55. The Bertz CT molecular complexity index is 211. The van der Waals surface area contributed by atoms with Crippen LogP contribution in [0.4, 0.5) is 0 Å². The second-order valence-corrected chi connectivity index (χ2v) is 5.59. The van der Waals surface area contributed by atoms with Gasteiger partial charge >= 0.3 is 0 Å². The van der Waals surface area contributed by atoms with Gasteiger partial charge in [0.1, 0.15) is 0 Å². The maximum Gasteiger partial charge on any atom is 0.0913 e. The minimum absolute atomic E-state index is 0.0262. The van der Waals surface area contributed by atoms with Crippen molar-refractivity contribution in [3.8, 4) is 0 Å². The number of hydrogen-bond acceptors (Lipinski definition) is 4. The lowest BCUT2D eigenvalue weighted by Crippen LogP contribution is -2.37. The molecule has 0 bridgehead atoms. The highest BCUT2D eigenvalue weighted by molar-refractivity contribution is 14.1. The molecule has 0 spiro atoms. The van der Waals surface area contributed by atoms with E-state index in [2.05, 4.69) is 26.0 Å². The number of nitrogens with two attached hydrogens (primary N) is 1. The fourth-order valence-electron chi connectivity index (χ4n) is 1.73. The minimum Gasteiger partial charge on any atom is -0.376 e. The maximum absolute atomic E-state index is 5.95. The SMILES string of the molecule is COC1(COC2CN(I)CC2N)CC1. The molecule has 2 N–H and O–H groups in total. The Hall–Kier alpha value is 0.570. The zero-order valence-corrected chi connectivity index (χ0v) is 10.6. The van der Waals surface area contributed by atoms with Crippen molar-refractivity contribution in [2.45, 2.75) is 30.6 Å². The summed E-state index contributed by atoms with van der Waals surface area (Å²) in [4.78, 5) is 0. The monoisotopic (exact) mass is 312 g/mol. The highest BCUT2D eigenvalue weighted by atomic mass is 127. The normalized spacial score (nSPS) is 36.2. The van der Waals surface area contributed by atoms with Gasteiger partial charge < -0.3 is 15.2 Å². The summed E-state index contributed by atoms with van der Waals surface area (Å²) in [7, 11) is 1.76. The van der Waals surface area contributed by atoms with E-state index in [1.165, 1.54) is 0 Å². The average Bonchev–Trinajstić information content (AvgIpc) is 2.86. The smallest absolute Gasteiger partial charge is 0.0913 e. The molecule has 1 aliphatic carbocycles. The van der Waals surface area contributed by atoms with Crippen LogP contribution in [-0.2, 0) is 9.47 Å². The third-order valence-electron chi connectivity index (χ3n) is 3.07. The van der Waals surface area contributed by atoms with Crippen LogP contribution in [-0.4, -0.2) is 47.7 Å². The van der Waals surface area contributed by atoms with Gasteiger partial charge in [0.05, 0.1) is 18.3 Å². The van der Waals surface area contributed by atoms with Crippen LogP contribution in [0.5, 0.6) is 0 Å². The fourth-order valence-corrected chi connectivity index (χ4v) is 2.58. The number of hydrogen-bond donors (Lipinski definition) is 1. The van der Waals surface area contributed by atoms with Crippen molar-refractivity contribution in [2.75, 3.05) is 26.8 Å². The van der Waals surface area contributed by atoms with Crippen molar-refractivity contribution in [2.24, 2.45) is 5.73 Å². The second kappa shape index (κ2) is 4.21. The Morgan fingerprint density at radius 2 is 2.21 bits per heavy atom. The van der Waals surface area contributed by atoms with E-state index in [1.54, 1.807) is 7.11 Å². The summed E-state index contributed by atoms with van der Waals surface area (Å²) >= 11 is 2.29. The maximum atomic E-state index is 5.95. The van der Waals surface area contributed by atoms with Crippen LogP contribution in [0, 0.1) is 0 Å². The molecule has 4 nitrogen and oxygen atoms in total. The Kier molecular flexibility index (Phi) is 3.33. The standard InChI is InChI=1S/C9H17IN2O2/c1-13-9(2-3-9)6-14-8-5-12(10)4-7(8)11/h7-8H,2-6,11H2,1H3. The van der Waals surface area contributed by atoms with Crippen LogP contribution >= 0.6 is 22.9 Å². The second-order valence-electron chi connectivity index (χ2n) is 4.23. The van der Waals surface area contributed by atoms with Gasteiger partial charge in [-0.25, -0.2) is 3.11 Å². The minimum atomic E-state index is 0.0262. The predicted octanol–water partition coefficient (Wildman–Crippen LogP) is 0.544. The summed E-state index contributed by atoms with van der Waals surface area (Å²) in [5.74, 6) is 0. The first-order chi connectivity index (χ1) is 6.65. The fraction of sp³-hybridized carbons (Fsp3) is 1.00. The molecular weight excluding hydrogens is 295 g/mol. The van der Waals surface area contributed by atoms with E-state index in [1.807, 2.05) is 0 Å². The quantitative estimate of drug-likeness (QED) is 0.608. The molecular formula is C9H17IN2O2. The summed E-state index contributed by atoms with van der Waals surface area (Å²) in [5, 5.41) is 0. The summed E-state index contributed by atoms with van der Waals surface area (Å²) in [5.41, 5.74) is 5.97. The van der Waals surface area contributed by atoms with Crippen molar-refractivity contribution in [1.29, 1.82) is 0 Å². The number of rotatable bonds is 4. The molecule has 1 heterocycles. The van der Waals surface area contributed by atoms with E-state index in [-0.39, 0.29) is 17.7 Å². The van der Waals surface area contributed by atoms with Gasteiger partial charge in [-0.3, -0.25) is 0 Å². The first-order valence-corrected chi connectivity index (χ1v) is 5.95. The van der Waals surface area contributed by atoms with Crippen molar-refractivity contribution in [3.63, 3.8) is 0 Å². The van der Waals surface area contributed by atoms with Crippen LogP contribution < -0.4 is 5.73 Å². The zero-order valence-electron chi connectivity index (χ0n) is 8.41. The van der Waals surface area contributed by atoms with E-state index in [4.69, 9.17) is 15.2 Å². The molecule has 2 unspecified atom stereocenters. The van der Waals surface area contributed by atoms with E-state index in [0.717, 1.165) is 25.9 Å². The molecule has 0 aromatic rings. The number of nitrogens with zero attached hydrogens (tertiary/aromatic N) is 1. The summed E-state index contributed by atoms with van der Waals surface area (Å²) in [6, 6.07) is 0.152. The van der Waals surface area contributed by atoms with Gasteiger partial charge in [-0.15, -0.1) is 0 Å². The summed E-state index contributed by atoms with van der Waals surface area (Å²) in [6.07, 6.45) is 2.43. The van der Waals surface area contributed by atoms with Crippen LogP contribution in [0.3, 0.4) is 0 Å². The molecule has 5 heteroatoms. The highest BCUT2D eigenvalue weighted by Crippen LogP contribution is 2.39. The first-order valence-electron chi connectivity index (χ1n) is 4.98. The lowest BCUT2D eigenvalue weighted by Gasteiger charge is -2.19. The Morgan fingerprint density at radius 3 is 2.64 bits per heavy atom. The van der Waals surface area contributed by atoms with Crippen molar-refractivity contribution < 1.29 is 9.47 Å². The van der Waals surface area contributed by atoms with Gasteiger partial charge in [-0.05, 0) is 12.8 Å². The molecule has 0 amide bonds. The van der Waals surface area contributed by atoms with E-state index in [9.17, 15) is 0 Å². The average molecular weight is 312 g/mol. The van der Waals surface area contributed by atoms with Gasteiger partial charge in [-0.2, -0.15) is 0 Å². The third-order valence-corrected chi connectivity index (χ3v) is 3.85. The van der Waals surface area contributed by atoms with Gasteiger partial charge in [0.25, 0.3) is 0 Å². The Morgan fingerprint density at radius 1 is 1.50 bits per heavy atom. The zero-order chi connectivity index (χ0) is 10.2. The van der Waals surface area contributed by atoms with Gasteiger partial charge in [0.2, 0.25) is 0 Å². The van der Waals surface area contributed by atoms with E-state index >= 15 is 0 Å². The van der Waals surface area contributed by atoms with E-state index in [0.29, 0.717) is 6.61 Å². The van der Waals surface area contributed by atoms with E-state index < -0.39 is 0 Å². The number of ether oxygens (including phenoxy) is 2. The van der Waals surface area contributed by atoms with Crippen molar-refractivity contribution >= 4 is 22.9 Å². The molecule has 1 aliphatic heterocycles. The molecule has 2 fully saturated rings. The van der Waals surface area contributed by atoms with Crippen LogP contribution in [0.1, 0.15) is 12.8 Å². The molecule has 0 aromatic heterocycles. The van der Waals surface area contributed by atoms with Gasteiger partial charge in [-0.1, -0.05) is 0 Å². The molecule has 14 heavy (non-hydrogen) atoms. The Labute approximate surface area is 98.6 Å². The third kappa shape index (κ3) is 2.38. The highest BCUT2D eigenvalue weighted by Gasteiger charge is 2.44. The molecule has 2 atom stereocenters. The number of methoxy groups -OCH3 is 1. The molecule has 0 radical (unpaired) electrons. The van der Waals surface area contributed by atoms with Crippen molar-refractivity contribution in [3.05, 3.63) is 0 Å². The molecule has 0 aromatic carbocycles. The topological polar surface area (TPSA) is 47.7 Å². The summed E-state index contributed by atoms with van der Waals surface area (Å²) < 4.78 is 13.4. The largest absolute Gasteiger partial charge is 0.376 e. The Balaban J connectivity index is 1.75. The first kappa shape index (κ1) is 11.1. The van der Waals surface area contributed by atoms with Crippen molar-refractivity contribution in [1.82, 2.24) is 3.11 Å². The van der Waals surface area contributed by atoms with Gasteiger partial charge in [0, 0.05) is 49.1 Å². The van der Waals surface area contributed by atoms with Crippen LogP contribution in [0.15, 0.2) is 0 Å². The molecule has 82 valence electrons. The lowest BCUT2D eigenvalue weighted by atomic mass is 10.2. The molecule has 1 saturated heterocycles. The van der Waals surface area contributed by atoms with Crippen LogP contribution in [0.2, 0.25) is 0 Å². The van der Waals surface area contributed by atoms with Crippen LogP contribution in [0.25, 0.3) is 0 Å².